The van der Waals surface area contributed by atoms with Gasteiger partial charge in [0, 0.05) is 27.9 Å². The molecule has 2 heterocycles. The Kier molecular flexibility index (Phi) is 4.95. The molecule has 0 spiro atoms. The maximum Gasteiger partial charge on any atom is 0.0587 e. The summed E-state index contributed by atoms with van der Waals surface area (Å²) in [5, 5.41) is 17.0. The summed E-state index contributed by atoms with van der Waals surface area (Å²) in [6, 6.07) is 6.64. The molecule has 0 saturated carbocycles. The lowest BCUT2D eigenvalue weighted by molar-refractivity contribution is 0.210. The SMILES string of the molecule is CC(C)C(CO)NCc1cc(-c2cccs2)cs1. The number of thiophene rings is 2. The molecule has 2 aromatic rings. The first-order valence-electron chi connectivity index (χ1n) is 6.16. The third-order valence-corrected chi connectivity index (χ3v) is 4.86. The van der Waals surface area contributed by atoms with Gasteiger partial charge < -0.3 is 10.4 Å². The smallest absolute Gasteiger partial charge is 0.0587 e. The van der Waals surface area contributed by atoms with Crippen LogP contribution in [0.1, 0.15) is 18.7 Å². The molecule has 18 heavy (non-hydrogen) atoms. The maximum absolute atomic E-state index is 9.27. The first-order chi connectivity index (χ1) is 8.70. The molecule has 0 fully saturated rings. The van der Waals surface area contributed by atoms with Gasteiger partial charge in [-0.3, -0.25) is 0 Å². The molecule has 0 aliphatic rings. The maximum atomic E-state index is 9.27. The summed E-state index contributed by atoms with van der Waals surface area (Å²) in [5.74, 6) is 0.451. The van der Waals surface area contributed by atoms with Crippen LogP contribution in [-0.2, 0) is 6.54 Å². The van der Waals surface area contributed by atoms with Gasteiger partial charge in [-0.1, -0.05) is 19.9 Å². The second-order valence-electron chi connectivity index (χ2n) is 4.69. The molecule has 2 rings (SSSR count). The van der Waals surface area contributed by atoms with E-state index in [4.69, 9.17) is 0 Å². The number of hydrogen-bond donors (Lipinski definition) is 2. The minimum Gasteiger partial charge on any atom is -0.395 e. The summed E-state index contributed by atoms with van der Waals surface area (Å²) >= 11 is 3.54. The Hall–Kier alpha value is -0.680. The van der Waals surface area contributed by atoms with Crippen molar-refractivity contribution in [2.24, 2.45) is 5.92 Å². The molecular weight excluding hydrogens is 262 g/mol. The molecule has 0 aromatic carbocycles. The third kappa shape index (κ3) is 3.42. The van der Waals surface area contributed by atoms with Gasteiger partial charge >= 0.3 is 0 Å². The summed E-state index contributed by atoms with van der Waals surface area (Å²) in [4.78, 5) is 2.64. The van der Waals surface area contributed by atoms with Crippen LogP contribution in [0.5, 0.6) is 0 Å². The van der Waals surface area contributed by atoms with Crippen molar-refractivity contribution in [2.45, 2.75) is 26.4 Å². The van der Waals surface area contributed by atoms with Crippen molar-refractivity contribution in [3.05, 3.63) is 33.8 Å². The van der Waals surface area contributed by atoms with E-state index in [1.165, 1.54) is 15.3 Å². The van der Waals surface area contributed by atoms with E-state index >= 15 is 0 Å². The quantitative estimate of drug-likeness (QED) is 0.848. The molecule has 0 aliphatic heterocycles. The second-order valence-corrected chi connectivity index (χ2v) is 6.64. The number of aliphatic hydroxyl groups excluding tert-OH is 1. The molecule has 0 saturated heterocycles. The van der Waals surface area contributed by atoms with Crippen molar-refractivity contribution in [1.82, 2.24) is 5.32 Å². The molecule has 2 N–H and O–H groups in total. The Morgan fingerprint density at radius 3 is 2.78 bits per heavy atom. The summed E-state index contributed by atoms with van der Waals surface area (Å²) in [6.07, 6.45) is 0. The summed E-state index contributed by atoms with van der Waals surface area (Å²) in [6.45, 7) is 5.28. The van der Waals surface area contributed by atoms with Crippen molar-refractivity contribution in [3.63, 3.8) is 0 Å². The monoisotopic (exact) mass is 281 g/mol. The van der Waals surface area contributed by atoms with Crippen molar-refractivity contribution in [3.8, 4) is 10.4 Å². The number of aliphatic hydroxyl groups is 1. The van der Waals surface area contributed by atoms with Crippen molar-refractivity contribution < 1.29 is 5.11 Å². The van der Waals surface area contributed by atoms with Crippen LogP contribution in [-0.4, -0.2) is 17.8 Å². The van der Waals surface area contributed by atoms with Gasteiger partial charge in [0.1, 0.15) is 0 Å². The van der Waals surface area contributed by atoms with Crippen LogP contribution in [0.15, 0.2) is 29.0 Å². The van der Waals surface area contributed by atoms with Gasteiger partial charge in [0.25, 0.3) is 0 Å². The van der Waals surface area contributed by atoms with Crippen LogP contribution in [0.2, 0.25) is 0 Å². The van der Waals surface area contributed by atoms with E-state index in [-0.39, 0.29) is 12.6 Å². The van der Waals surface area contributed by atoms with Crippen molar-refractivity contribution in [1.29, 1.82) is 0 Å². The van der Waals surface area contributed by atoms with Crippen LogP contribution in [0.25, 0.3) is 10.4 Å². The zero-order valence-corrected chi connectivity index (χ0v) is 12.4. The van der Waals surface area contributed by atoms with Crippen LogP contribution >= 0.6 is 22.7 Å². The van der Waals surface area contributed by atoms with Gasteiger partial charge in [0.15, 0.2) is 0 Å². The minimum atomic E-state index is 0.178. The highest BCUT2D eigenvalue weighted by molar-refractivity contribution is 7.14. The van der Waals surface area contributed by atoms with Crippen LogP contribution in [0.3, 0.4) is 0 Å². The fourth-order valence-corrected chi connectivity index (χ4v) is 3.41. The second kappa shape index (κ2) is 6.48. The lowest BCUT2D eigenvalue weighted by atomic mass is 10.1. The molecule has 98 valence electrons. The van der Waals surface area contributed by atoms with Gasteiger partial charge in [-0.05, 0) is 28.8 Å². The highest BCUT2D eigenvalue weighted by atomic mass is 32.1. The lowest BCUT2D eigenvalue weighted by Gasteiger charge is -2.19. The van der Waals surface area contributed by atoms with Gasteiger partial charge in [-0.25, -0.2) is 0 Å². The molecule has 4 heteroatoms. The predicted molar refractivity (Wildman–Crippen MR) is 80.2 cm³/mol. The largest absolute Gasteiger partial charge is 0.395 e. The van der Waals surface area contributed by atoms with Gasteiger partial charge in [-0.2, -0.15) is 0 Å². The summed E-state index contributed by atoms with van der Waals surface area (Å²) in [7, 11) is 0. The number of rotatable bonds is 6. The first kappa shape index (κ1) is 13.7. The number of hydrogen-bond acceptors (Lipinski definition) is 4. The van der Waals surface area contributed by atoms with Gasteiger partial charge in [-0.15, -0.1) is 22.7 Å². The molecule has 1 unspecified atom stereocenters. The third-order valence-electron chi connectivity index (χ3n) is 3.00. The highest BCUT2D eigenvalue weighted by Gasteiger charge is 2.11. The van der Waals surface area contributed by atoms with E-state index in [0.29, 0.717) is 5.92 Å². The molecular formula is C14H19NOS2. The van der Waals surface area contributed by atoms with E-state index < -0.39 is 0 Å². The molecule has 2 aromatic heterocycles. The standard InChI is InChI=1S/C14H19NOS2/c1-10(2)13(8-16)15-7-12-6-11(9-18-12)14-4-3-5-17-14/h3-6,9-10,13,15-16H,7-8H2,1-2H3. The molecule has 0 bridgehead atoms. The average molecular weight is 281 g/mol. The van der Waals surface area contributed by atoms with Gasteiger partial charge in [0.2, 0.25) is 0 Å². The zero-order valence-electron chi connectivity index (χ0n) is 10.7. The average Bonchev–Trinajstić information content (AvgIpc) is 2.99. The first-order valence-corrected chi connectivity index (χ1v) is 7.92. The Morgan fingerprint density at radius 1 is 1.33 bits per heavy atom. The van der Waals surface area contributed by atoms with E-state index in [0.717, 1.165) is 6.54 Å². The highest BCUT2D eigenvalue weighted by Crippen LogP contribution is 2.29. The lowest BCUT2D eigenvalue weighted by Crippen LogP contribution is -2.36. The van der Waals surface area contributed by atoms with E-state index in [2.05, 4.69) is 48.1 Å². The van der Waals surface area contributed by atoms with Gasteiger partial charge in [0.05, 0.1) is 6.61 Å². The predicted octanol–water partition coefficient (Wildman–Crippen LogP) is 3.58. The normalized spacial score (nSPS) is 13.1. The number of nitrogens with one attached hydrogen (secondary N) is 1. The van der Waals surface area contributed by atoms with Crippen LogP contribution in [0, 0.1) is 5.92 Å². The fraction of sp³-hybridized carbons (Fsp3) is 0.429. The molecule has 2 nitrogen and oxygen atoms in total. The fourth-order valence-electron chi connectivity index (χ4n) is 1.79. The Labute approximate surface area is 116 Å². The molecule has 0 radical (unpaired) electrons. The molecule has 1 atom stereocenters. The molecule has 0 amide bonds. The van der Waals surface area contributed by atoms with Crippen LogP contribution in [0.4, 0.5) is 0 Å². The Bertz CT molecular complexity index is 462. The summed E-state index contributed by atoms with van der Waals surface area (Å²) < 4.78 is 0. The minimum absolute atomic E-state index is 0.178. The summed E-state index contributed by atoms with van der Waals surface area (Å²) in [5.41, 5.74) is 1.30. The van der Waals surface area contributed by atoms with Crippen molar-refractivity contribution in [2.75, 3.05) is 6.61 Å². The van der Waals surface area contributed by atoms with Crippen molar-refractivity contribution >= 4 is 22.7 Å². The van der Waals surface area contributed by atoms with E-state index in [1.807, 2.05) is 0 Å². The topological polar surface area (TPSA) is 32.3 Å². The van der Waals surface area contributed by atoms with E-state index in [9.17, 15) is 5.11 Å². The molecule has 0 aliphatic carbocycles. The zero-order chi connectivity index (χ0) is 13.0. The Balaban J connectivity index is 1.95. The van der Waals surface area contributed by atoms with Crippen LogP contribution < -0.4 is 5.32 Å². The Morgan fingerprint density at radius 2 is 2.17 bits per heavy atom. The van der Waals surface area contributed by atoms with E-state index in [1.54, 1.807) is 22.7 Å².